The molecule has 0 atom stereocenters. The third-order valence-corrected chi connectivity index (χ3v) is 2.74. The molecule has 0 aliphatic carbocycles. The Labute approximate surface area is 109 Å². The van der Waals surface area contributed by atoms with Crippen molar-refractivity contribution in [3.8, 4) is 17.3 Å². The number of fused-ring (bicyclic) bond motifs is 1. The number of aryl methyl sites for hydroxylation is 2. The average molecular weight is 250 g/mol. The van der Waals surface area contributed by atoms with Crippen LogP contribution >= 0.6 is 0 Å². The van der Waals surface area contributed by atoms with Crippen LogP contribution in [-0.2, 0) is 0 Å². The van der Waals surface area contributed by atoms with Gasteiger partial charge in [0.1, 0.15) is 11.6 Å². The van der Waals surface area contributed by atoms with E-state index in [-0.39, 0.29) is 5.82 Å². The van der Waals surface area contributed by atoms with E-state index in [0.29, 0.717) is 11.6 Å². The Hall–Kier alpha value is -2.74. The zero-order valence-corrected chi connectivity index (χ0v) is 10.5. The maximum atomic E-state index is 8.91. The molecule has 0 saturated carbocycles. The van der Waals surface area contributed by atoms with Crippen molar-refractivity contribution < 1.29 is 4.42 Å². The van der Waals surface area contributed by atoms with E-state index in [1.165, 1.54) is 0 Å². The Balaban J connectivity index is 2.18. The van der Waals surface area contributed by atoms with Crippen molar-refractivity contribution in [1.82, 2.24) is 15.0 Å². The van der Waals surface area contributed by atoms with Gasteiger partial charge in [0.25, 0.3) is 0 Å². The third-order valence-electron chi connectivity index (χ3n) is 2.74. The molecule has 3 aromatic rings. The minimum Gasteiger partial charge on any atom is -0.441 e. The molecule has 92 valence electrons. The van der Waals surface area contributed by atoms with Gasteiger partial charge in [0, 0.05) is 18.2 Å². The predicted octanol–water partition coefficient (Wildman–Crippen LogP) is 2.77. The molecule has 0 saturated heterocycles. The van der Waals surface area contributed by atoms with E-state index in [1.54, 1.807) is 0 Å². The fourth-order valence-electron chi connectivity index (χ4n) is 1.97. The summed E-state index contributed by atoms with van der Waals surface area (Å²) in [4.78, 5) is 12.5. The first-order chi connectivity index (χ1) is 9.15. The van der Waals surface area contributed by atoms with E-state index in [4.69, 9.17) is 9.68 Å². The summed E-state index contributed by atoms with van der Waals surface area (Å²) in [6.07, 6.45) is 0. The minimum atomic E-state index is 0.173. The number of nitriles is 1. The van der Waals surface area contributed by atoms with E-state index >= 15 is 0 Å². The molecule has 0 aliphatic heterocycles. The summed E-state index contributed by atoms with van der Waals surface area (Å²) in [7, 11) is 0. The van der Waals surface area contributed by atoms with Crippen molar-refractivity contribution in [2.45, 2.75) is 13.8 Å². The van der Waals surface area contributed by atoms with Crippen LogP contribution in [0, 0.1) is 25.2 Å². The smallest absolute Gasteiger partial charge is 0.232 e. The highest BCUT2D eigenvalue weighted by molar-refractivity contribution is 5.79. The van der Waals surface area contributed by atoms with E-state index in [2.05, 4.69) is 15.0 Å². The third kappa shape index (κ3) is 2.04. The lowest BCUT2D eigenvalue weighted by atomic mass is 10.1. The Morgan fingerprint density at radius 2 is 1.95 bits per heavy atom. The molecule has 2 aromatic heterocycles. The highest BCUT2D eigenvalue weighted by Gasteiger charge is 2.08. The van der Waals surface area contributed by atoms with Gasteiger partial charge in [0.2, 0.25) is 5.82 Å². The van der Waals surface area contributed by atoms with Crippen LogP contribution in [0.3, 0.4) is 0 Å². The van der Waals surface area contributed by atoms with Crippen LogP contribution in [0.1, 0.15) is 17.4 Å². The molecule has 0 N–H and O–H groups in total. The molecule has 0 spiro atoms. The largest absolute Gasteiger partial charge is 0.441 e. The van der Waals surface area contributed by atoms with Gasteiger partial charge >= 0.3 is 0 Å². The fourth-order valence-corrected chi connectivity index (χ4v) is 1.97. The molecule has 0 unspecified atom stereocenters. The first-order valence-electron chi connectivity index (χ1n) is 5.79. The second kappa shape index (κ2) is 4.18. The van der Waals surface area contributed by atoms with Crippen LogP contribution in [0.15, 0.2) is 28.7 Å². The molecular formula is C14H10N4O. The predicted molar refractivity (Wildman–Crippen MR) is 69.2 cm³/mol. The van der Waals surface area contributed by atoms with Gasteiger partial charge in [0.15, 0.2) is 11.5 Å². The SMILES string of the molecule is Cc1cc(-c2ccc3oc(C)nc3c2)nc(C#N)n1. The Kier molecular flexibility index (Phi) is 2.50. The van der Waals surface area contributed by atoms with Crippen LogP contribution in [0.2, 0.25) is 0 Å². The molecular weight excluding hydrogens is 240 g/mol. The molecule has 5 nitrogen and oxygen atoms in total. The summed E-state index contributed by atoms with van der Waals surface area (Å²) in [5.41, 5.74) is 3.89. The van der Waals surface area contributed by atoms with Gasteiger partial charge in [-0.2, -0.15) is 5.26 Å². The maximum absolute atomic E-state index is 8.91. The van der Waals surface area contributed by atoms with E-state index < -0.39 is 0 Å². The van der Waals surface area contributed by atoms with Crippen LogP contribution in [0.4, 0.5) is 0 Å². The first kappa shape index (κ1) is 11.4. The number of hydrogen-bond donors (Lipinski definition) is 0. The zero-order chi connectivity index (χ0) is 13.4. The van der Waals surface area contributed by atoms with Gasteiger partial charge in [-0.25, -0.2) is 15.0 Å². The monoisotopic (exact) mass is 250 g/mol. The molecule has 2 heterocycles. The van der Waals surface area contributed by atoms with Crippen molar-refractivity contribution in [2.75, 3.05) is 0 Å². The maximum Gasteiger partial charge on any atom is 0.232 e. The topological polar surface area (TPSA) is 75.6 Å². The lowest BCUT2D eigenvalue weighted by Gasteiger charge is -2.02. The average Bonchev–Trinajstić information content (AvgIpc) is 2.76. The van der Waals surface area contributed by atoms with E-state index in [9.17, 15) is 0 Å². The van der Waals surface area contributed by atoms with Crippen LogP contribution in [0.5, 0.6) is 0 Å². The molecule has 3 rings (SSSR count). The number of benzene rings is 1. The standard InChI is InChI=1S/C14H10N4O/c1-8-5-11(18-14(7-15)16-8)10-3-4-13-12(6-10)17-9(2)19-13/h3-6H,1-2H3. The summed E-state index contributed by atoms with van der Waals surface area (Å²) in [6, 6.07) is 9.46. The summed E-state index contributed by atoms with van der Waals surface area (Å²) < 4.78 is 5.43. The lowest BCUT2D eigenvalue weighted by molar-refractivity contribution is 0.561. The second-order valence-corrected chi connectivity index (χ2v) is 4.25. The van der Waals surface area contributed by atoms with E-state index in [1.807, 2.05) is 44.2 Å². The van der Waals surface area contributed by atoms with Gasteiger partial charge in [-0.05, 0) is 31.2 Å². The number of aromatic nitrogens is 3. The molecule has 0 bridgehead atoms. The van der Waals surface area contributed by atoms with Gasteiger partial charge in [-0.3, -0.25) is 0 Å². The quantitative estimate of drug-likeness (QED) is 0.663. The van der Waals surface area contributed by atoms with Crippen molar-refractivity contribution in [3.05, 3.63) is 41.7 Å². The lowest BCUT2D eigenvalue weighted by Crippen LogP contribution is -1.94. The zero-order valence-electron chi connectivity index (χ0n) is 10.5. The Morgan fingerprint density at radius 1 is 1.11 bits per heavy atom. The Bertz CT molecular complexity index is 814. The number of nitrogens with zero attached hydrogens (tertiary/aromatic N) is 4. The van der Waals surface area contributed by atoms with Gasteiger partial charge in [0.05, 0.1) is 5.69 Å². The molecule has 5 heteroatoms. The van der Waals surface area contributed by atoms with Gasteiger partial charge in [-0.1, -0.05) is 0 Å². The normalized spacial score (nSPS) is 10.6. The van der Waals surface area contributed by atoms with Gasteiger partial charge in [-0.15, -0.1) is 0 Å². The minimum absolute atomic E-state index is 0.173. The number of rotatable bonds is 1. The summed E-state index contributed by atoms with van der Waals surface area (Å²) >= 11 is 0. The van der Waals surface area contributed by atoms with Crippen LogP contribution in [0.25, 0.3) is 22.4 Å². The summed E-state index contributed by atoms with van der Waals surface area (Å²) in [5.74, 6) is 0.801. The molecule has 0 amide bonds. The first-order valence-corrected chi connectivity index (χ1v) is 5.79. The van der Waals surface area contributed by atoms with Crippen molar-refractivity contribution in [1.29, 1.82) is 5.26 Å². The fraction of sp³-hybridized carbons (Fsp3) is 0.143. The molecule has 1 aromatic carbocycles. The highest BCUT2D eigenvalue weighted by atomic mass is 16.3. The molecule has 0 fully saturated rings. The molecule has 0 radical (unpaired) electrons. The van der Waals surface area contributed by atoms with Crippen molar-refractivity contribution in [3.63, 3.8) is 0 Å². The van der Waals surface area contributed by atoms with Crippen molar-refractivity contribution >= 4 is 11.1 Å². The summed E-state index contributed by atoms with van der Waals surface area (Å²) in [6.45, 7) is 3.65. The second-order valence-electron chi connectivity index (χ2n) is 4.25. The highest BCUT2D eigenvalue weighted by Crippen LogP contribution is 2.23. The van der Waals surface area contributed by atoms with Crippen LogP contribution < -0.4 is 0 Å². The Morgan fingerprint density at radius 3 is 2.74 bits per heavy atom. The van der Waals surface area contributed by atoms with Gasteiger partial charge < -0.3 is 4.42 Å². The number of oxazole rings is 1. The van der Waals surface area contributed by atoms with Crippen LogP contribution in [-0.4, -0.2) is 15.0 Å². The molecule has 19 heavy (non-hydrogen) atoms. The molecule has 0 aliphatic rings. The summed E-state index contributed by atoms with van der Waals surface area (Å²) in [5, 5.41) is 8.91. The van der Waals surface area contributed by atoms with E-state index in [0.717, 1.165) is 22.4 Å². The number of hydrogen-bond acceptors (Lipinski definition) is 5. The van der Waals surface area contributed by atoms with Crippen molar-refractivity contribution in [2.24, 2.45) is 0 Å².